The number of methoxy groups -OCH3 is 1. The van der Waals surface area contributed by atoms with Gasteiger partial charge in [0.15, 0.2) is 0 Å². The lowest BCUT2D eigenvalue weighted by molar-refractivity contribution is -0.137. The quantitative estimate of drug-likeness (QED) is 0.329. The van der Waals surface area contributed by atoms with Gasteiger partial charge in [-0.2, -0.15) is 17.5 Å². The number of carbonyl (C=O) groups is 1. The Morgan fingerprint density at radius 2 is 1.81 bits per heavy atom. The van der Waals surface area contributed by atoms with Crippen LogP contribution in [0, 0.1) is 0 Å². The van der Waals surface area contributed by atoms with E-state index in [2.05, 4.69) is 0 Å². The molecular weight excluding hydrogens is 529 g/mol. The third-order valence-electron chi connectivity index (χ3n) is 6.50. The van der Waals surface area contributed by atoms with Crippen LogP contribution in [-0.2, 0) is 33.8 Å². The van der Waals surface area contributed by atoms with Crippen LogP contribution in [-0.4, -0.2) is 43.5 Å². The summed E-state index contributed by atoms with van der Waals surface area (Å²) < 4.78 is 72.5. The van der Waals surface area contributed by atoms with Gasteiger partial charge in [0.25, 0.3) is 5.91 Å². The van der Waals surface area contributed by atoms with Crippen LogP contribution in [0.15, 0.2) is 64.9 Å². The number of aryl methyl sites for hydroxylation is 1. The van der Waals surface area contributed by atoms with Crippen LogP contribution >= 0.6 is 11.3 Å². The molecule has 4 rings (SSSR count). The molecule has 0 fully saturated rings. The van der Waals surface area contributed by atoms with Crippen molar-refractivity contribution in [3.63, 3.8) is 0 Å². The highest BCUT2D eigenvalue weighted by atomic mass is 32.2. The maximum atomic E-state index is 13.7. The van der Waals surface area contributed by atoms with Crippen molar-refractivity contribution >= 4 is 27.3 Å². The predicted molar refractivity (Wildman–Crippen MR) is 131 cm³/mol. The summed E-state index contributed by atoms with van der Waals surface area (Å²) in [7, 11) is -2.70. The second-order valence-electron chi connectivity index (χ2n) is 8.60. The molecule has 0 saturated heterocycles. The van der Waals surface area contributed by atoms with E-state index in [9.17, 15) is 31.6 Å². The molecule has 1 aliphatic heterocycles. The highest BCUT2D eigenvalue weighted by molar-refractivity contribution is 7.89. The van der Waals surface area contributed by atoms with E-state index in [1.54, 1.807) is 5.48 Å². The van der Waals surface area contributed by atoms with Gasteiger partial charge in [-0.1, -0.05) is 12.1 Å². The maximum Gasteiger partial charge on any atom is 0.416 e. The normalized spacial score (nSPS) is 18.6. The minimum atomic E-state index is -4.45. The highest BCUT2D eigenvalue weighted by Crippen LogP contribution is 2.39. The average molecular weight is 555 g/mol. The second kappa shape index (κ2) is 10.8. The Labute approximate surface area is 216 Å². The van der Waals surface area contributed by atoms with Crippen molar-refractivity contribution in [1.29, 1.82) is 0 Å². The van der Waals surface area contributed by atoms with E-state index >= 15 is 0 Å². The van der Waals surface area contributed by atoms with E-state index in [0.717, 1.165) is 26.9 Å². The summed E-state index contributed by atoms with van der Waals surface area (Å²) in [4.78, 5) is 13.9. The van der Waals surface area contributed by atoms with Crippen LogP contribution < -0.4 is 10.2 Å². The van der Waals surface area contributed by atoms with Gasteiger partial charge in [0.2, 0.25) is 10.0 Å². The van der Waals surface area contributed by atoms with E-state index in [0.29, 0.717) is 24.2 Å². The first kappa shape index (κ1) is 27.1. The Kier molecular flexibility index (Phi) is 7.93. The monoisotopic (exact) mass is 554 g/mol. The number of amides is 1. The smallest absolute Gasteiger partial charge is 0.416 e. The lowest BCUT2D eigenvalue weighted by Crippen LogP contribution is -2.51. The van der Waals surface area contributed by atoms with Gasteiger partial charge in [0.05, 0.1) is 17.6 Å². The van der Waals surface area contributed by atoms with Crippen molar-refractivity contribution in [2.45, 2.75) is 42.3 Å². The number of nitrogens with zero attached hydrogens (tertiary/aromatic N) is 1. The van der Waals surface area contributed by atoms with Crippen LogP contribution in [0.25, 0.3) is 0 Å². The average Bonchev–Trinajstić information content (AvgIpc) is 3.29. The number of ether oxygens (including phenoxy) is 1. The summed E-state index contributed by atoms with van der Waals surface area (Å²) in [5.74, 6) is -1.06. The summed E-state index contributed by atoms with van der Waals surface area (Å²) in [5, 5.41) is 11.4. The number of thiophene rings is 1. The van der Waals surface area contributed by atoms with Gasteiger partial charge < -0.3 is 4.74 Å². The Morgan fingerprint density at radius 1 is 1.14 bits per heavy atom. The number of halogens is 3. The molecule has 1 aliphatic rings. The molecule has 7 nitrogen and oxygen atoms in total. The minimum Gasteiger partial charge on any atom is -0.497 e. The standard InChI is InChI=1S/C25H25F3N2O5S2/c1-35-18-7-9-19(10-8-18)37(33,34)30-14-12-22-20(13-15-36-22)21(23(30)24(31)29-32)11-4-16-2-5-17(6-3-16)25(26,27)28/h2-3,5-10,13,15,21,23,32H,4,11-12,14H2,1H3,(H,29,31)/t21-,23-/m0/s1. The molecule has 2 aromatic carbocycles. The zero-order valence-electron chi connectivity index (χ0n) is 19.7. The number of benzene rings is 2. The summed E-state index contributed by atoms with van der Waals surface area (Å²) in [5.41, 5.74) is 2.26. The van der Waals surface area contributed by atoms with Gasteiger partial charge in [0, 0.05) is 17.3 Å². The van der Waals surface area contributed by atoms with E-state index in [4.69, 9.17) is 4.74 Å². The summed E-state index contributed by atoms with van der Waals surface area (Å²) in [6.07, 6.45) is -3.52. The number of carbonyl (C=O) groups excluding carboxylic acids is 1. The number of nitrogens with one attached hydrogen (secondary N) is 1. The largest absolute Gasteiger partial charge is 0.497 e. The van der Waals surface area contributed by atoms with Crippen LogP contribution in [0.1, 0.15) is 33.9 Å². The number of rotatable bonds is 7. The van der Waals surface area contributed by atoms with Crippen molar-refractivity contribution < 1.29 is 36.3 Å². The molecular formula is C25H25F3N2O5S2. The Morgan fingerprint density at radius 3 is 2.41 bits per heavy atom. The van der Waals surface area contributed by atoms with Crippen molar-refractivity contribution in [1.82, 2.24) is 9.79 Å². The number of sulfonamides is 1. The molecule has 3 aromatic rings. The molecule has 1 amide bonds. The van der Waals surface area contributed by atoms with Crippen LogP contribution in [0.4, 0.5) is 13.2 Å². The topological polar surface area (TPSA) is 95.9 Å². The van der Waals surface area contributed by atoms with Gasteiger partial charge >= 0.3 is 6.18 Å². The Balaban J connectivity index is 1.70. The lowest BCUT2D eigenvalue weighted by atomic mass is 9.86. The molecule has 37 heavy (non-hydrogen) atoms. The zero-order chi connectivity index (χ0) is 26.8. The first-order valence-corrected chi connectivity index (χ1v) is 13.7. The molecule has 198 valence electrons. The molecule has 0 radical (unpaired) electrons. The SMILES string of the molecule is COc1ccc(S(=O)(=O)N2CCc3sccc3[C@H](CCc3ccc(C(F)(F)F)cc3)[C@H]2C(=O)NO)cc1. The molecule has 1 aromatic heterocycles. The van der Waals surface area contributed by atoms with Gasteiger partial charge in [-0.3, -0.25) is 10.0 Å². The summed E-state index contributed by atoms with van der Waals surface area (Å²) >= 11 is 1.45. The third-order valence-corrected chi connectivity index (χ3v) is 9.39. The van der Waals surface area contributed by atoms with Gasteiger partial charge in [-0.25, -0.2) is 13.9 Å². The highest BCUT2D eigenvalue weighted by Gasteiger charge is 2.44. The fourth-order valence-electron chi connectivity index (χ4n) is 4.63. The lowest BCUT2D eigenvalue weighted by Gasteiger charge is -2.33. The number of hydrogen-bond acceptors (Lipinski definition) is 6. The molecule has 0 aliphatic carbocycles. The maximum absolute atomic E-state index is 13.7. The van der Waals surface area contributed by atoms with E-state index < -0.39 is 39.6 Å². The molecule has 2 atom stereocenters. The van der Waals surface area contributed by atoms with E-state index in [1.807, 2.05) is 11.4 Å². The van der Waals surface area contributed by atoms with E-state index in [-0.39, 0.29) is 17.9 Å². The molecule has 2 N–H and O–H groups in total. The predicted octanol–water partition coefficient (Wildman–Crippen LogP) is 4.61. The number of alkyl halides is 3. The third kappa shape index (κ3) is 5.66. The molecule has 12 heteroatoms. The van der Waals surface area contributed by atoms with Crippen LogP contribution in [0.3, 0.4) is 0 Å². The van der Waals surface area contributed by atoms with Crippen LogP contribution in [0.5, 0.6) is 5.75 Å². The Bertz CT molecular complexity index is 1340. The fraction of sp³-hybridized carbons (Fsp3) is 0.320. The van der Waals surface area contributed by atoms with Gasteiger partial charge in [-0.15, -0.1) is 11.3 Å². The van der Waals surface area contributed by atoms with Crippen molar-refractivity contribution in [2.24, 2.45) is 0 Å². The van der Waals surface area contributed by atoms with Crippen molar-refractivity contribution in [3.05, 3.63) is 81.5 Å². The molecule has 2 heterocycles. The second-order valence-corrected chi connectivity index (χ2v) is 11.5. The zero-order valence-corrected chi connectivity index (χ0v) is 21.4. The number of hydroxylamine groups is 1. The molecule has 0 unspecified atom stereocenters. The summed E-state index contributed by atoms with van der Waals surface area (Å²) in [6, 6.07) is 11.1. The fourth-order valence-corrected chi connectivity index (χ4v) is 7.20. The number of hydrogen-bond donors (Lipinski definition) is 2. The molecule has 0 spiro atoms. The summed E-state index contributed by atoms with van der Waals surface area (Å²) in [6.45, 7) is 0.0107. The van der Waals surface area contributed by atoms with Crippen molar-refractivity contribution in [3.8, 4) is 5.75 Å². The van der Waals surface area contributed by atoms with Gasteiger partial charge in [0.1, 0.15) is 11.8 Å². The van der Waals surface area contributed by atoms with Crippen molar-refractivity contribution in [2.75, 3.05) is 13.7 Å². The number of fused-ring (bicyclic) bond motifs is 1. The minimum absolute atomic E-state index is 0.0107. The molecule has 0 bridgehead atoms. The first-order chi connectivity index (χ1) is 17.6. The van der Waals surface area contributed by atoms with E-state index in [1.165, 1.54) is 54.8 Å². The Hall–Kier alpha value is -2.93. The molecule has 0 saturated carbocycles. The van der Waals surface area contributed by atoms with Gasteiger partial charge in [-0.05, 0) is 78.2 Å². The first-order valence-electron chi connectivity index (χ1n) is 11.4. The van der Waals surface area contributed by atoms with Crippen LogP contribution in [0.2, 0.25) is 0 Å².